The van der Waals surface area contributed by atoms with Crippen LogP contribution in [0, 0.1) is 5.92 Å². The third-order valence-corrected chi connectivity index (χ3v) is 5.59. The lowest BCUT2D eigenvalue weighted by Gasteiger charge is -2.24. The highest BCUT2D eigenvalue weighted by atomic mass is 19.4. The quantitative estimate of drug-likeness (QED) is 0.288. The van der Waals surface area contributed by atoms with E-state index in [1.165, 1.54) is 7.11 Å². The number of alkyl halides is 3. The monoisotopic (exact) mass is 567 g/mol. The number of ether oxygens (including phenoxy) is 1. The summed E-state index contributed by atoms with van der Waals surface area (Å²) >= 11 is 0. The smallest absolute Gasteiger partial charge is 0.475 e. The molecule has 2 rings (SSSR count). The molecule has 0 heterocycles. The van der Waals surface area contributed by atoms with Crippen LogP contribution in [-0.2, 0) is 36.8 Å². The molecule has 3 atom stereocenters. The van der Waals surface area contributed by atoms with Gasteiger partial charge in [-0.1, -0.05) is 74.5 Å². The fourth-order valence-electron chi connectivity index (χ4n) is 3.54. The molecule has 0 saturated carbocycles. The summed E-state index contributed by atoms with van der Waals surface area (Å²) in [7, 11) is 1.28. The lowest BCUT2D eigenvalue weighted by molar-refractivity contribution is -0.192. The molecule has 220 valence electrons. The second-order valence-electron chi connectivity index (χ2n) is 9.40. The van der Waals surface area contributed by atoms with Crippen LogP contribution in [0.4, 0.5) is 13.2 Å². The van der Waals surface area contributed by atoms with E-state index in [0.717, 1.165) is 11.1 Å². The minimum atomic E-state index is -5.08. The van der Waals surface area contributed by atoms with E-state index in [1.807, 2.05) is 74.5 Å². The molecule has 5 N–H and O–H groups in total. The van der Waals surface area contributed by atoms with E-state index in [4.69, 9.17) is 20.4 Å². The van der Waals surface area contributed by atoms with Gasteiger partial charge in [-0.25, -0.2) is 9.59 Å². The molecule has 12 heteroatoms. The standard InChI is InChI=1S/C26H35N3O4.C2HF3O2/c1-18(2)16-22(28-24(30)21(27)15-14-19-10-6-4-7-11-19)25(31)29-23(26(32)33-3)17-20-12-8-5-9-13-20;3-2(4,5)1(6)7/h4-13,18,21-23H,14-17,27H2,1-3H3,(H,28,30)(H,29,31);(H,6,7)/t21-,22-,23+;/m0./s1. The van der Waals surface area contributed by atoms with Gasteiger partial charge in [-0.15, -0.1) is 0 Å². The molecule has 9 nitrogen and oxygen atoms in total. The molecule has 0 fully saturated rings. The van der Waals surface area contributed by atoms with Crippen LogP contribution in [0.5, 0.6) is 0 Å². The highest BCUT2D eigenvalue weighted by Crippen LogP contribution is 2.13. The average Bonchev–Trinajstić information content (AvgIpc) is 2.91. The Morgan fingerprint density at radius 3 is 1.80 bits per heavy atom. The van der Waals surface area contributed by atoms with Crippen molar-refractivity contribution >= 4 is 23.8 Å². The Hall–Kier alpha value is -3.93. The number of hydrogen-bond donors (Lipinski definition) is 4. The number of methoxy groups -OCH3 is 1. The molecular weight excluding hydrogens is 531 g/mol. The van der Waals surface area contributed by atoms with Crippen LogP contribution >= 0.6 is 0 Å². The Labute approximate surface area is 231 Å². The Bertz CT molecular complexity index is 1080. The maximum atomic E-state index is 13.1. The molecule has 2 aromatic rings. The summed E-state index contributed by atoms with van der Waals surface area (Å²) in [5.41, 5.74) is 8.09. The van der Waals surface area contributed by atoms with Gasteiger partial charge in [0.2, 0.25) is 11.8 Å². The number of rotatable bonds is 12. The largest absolute Gasteiger partial charge is 0.490 e. The Morgan fingerprint density at radius 1 is 0.875 bits per heavy atom. The van der Waals surface area contributed by atoms with Gasteiger partial charge in [0.1, 0.15) is 12.1 Å². The number of carboxylic acid groups (broad SMARTS) is 1. The normalized spacial score (nSPS) is 13.2. The zero-order valence-electron chi connectivity index (χ0n) is 22.6. The lowest BCUT2D eigenvalue weighted by atomic mass is 10.00. The number of nitrogens with one attached hydrogen (secondary N) is 2. The van der Waals surface area contributed by atoms with Gasteiger partial charge < -0.3 is 26.2 Å². The minimum Gasteiger partial charge on any atom is -0.475 e. The molecule has 0 aliphatic carbocycles. The van der Waals surface area contributed by atoms with E-state index in [9.17, 15) is 27.6 Å². The van der Waals surface area contributed by atoms with Crippen LogP contribution < -0.4 is 16.4 Å². The summed E-state index contributed by atoms with van der Waals surface area (Å²) in [5.74, 6) is -3.97. The van der Waals surface area contributed by atoms with Gasteiger partial charge in [0.05, 0.1) is 13.2 Å². The van der Waals surface area contributed by atoms with E-state index in [2.05, 4.69) is 10.6 Å². The van der Waals surface area contributed by atoms with E-state index in [-0.39, 0.29) is 18.2 Å². The first-order valence-corrected chi connectivity index (χ1v) is 12.6. The number of carbonyl (C=O) groups excluding carboxylic acids is 3. The highest BCUT2D eigenvalue weighted by Gasteiger charge is 2.38. The number of nitrogens with two attached hydrogens (primary N) is 1. The van der Waals surface area contributed by atoms with Crippen molar-refractivity contribution in [2.24, 2.45) is 11.7 Å². The minimum absolute atomic E-state index is 0.146. The molecule has 0 spiro atoms. The van der Waals surface area contributed by atoms with Crippen molar-refractivity contribution in [3.05, 3.63) is 71.8 Å². The molecule has 0 unspecified atom stereocenters. The van der Waals surface area contributed by atoms with E-state index in [0.29, 0.717) is 19.3 Å². The van der Waals surface area contributed by atoms with Crippen molar-refractivity contribution in [2.75, 3.05) is 7.11 Å². The number of aliphatic carboxylic acids is 1. The Kier molecular flexibility index (Phi) is 14.4. The van der Waals surface area contributed by atoms with Crippen LogP contribution in [0.15, 0.2) is 60.7 Å². The number of carbonyl (C=O) groups is 4. The van der Waals surface area contributed by atoms with E-state index < -0.39 is 42.1 Å². The second kappa shape index (κ2) is 16.9. The summed E-state index contributed by atoms with van der Waals surface area (Å²) in [6.45, 7) is 3.92. The molecule has 40 heavy (non-hydrogen) atoms. The van der Waals surface area contributed by atoms with Gasteiger partial charge in [-0.2, -0.15) is 13.2 Å². The van der Waals surface area contributed by atoms with Crippen LogP contribution in [0.1, 0.15) is 37.8 Å². The van der Waals surface area contributed by atoms with Gasteiger partial charge >= 0.3 is 18.1 Å². The maximum Gasteiger partial charge on any atom is 0.490 e. The van der Waals surface area contributed by atoms with Crippen LogP contribution in [0.3, 0.4) is 0 Å². The Balaban J connectivity index is 0.00000101. The SMILES string of the molecule is COC(=O)[C@@H](Cc1ccccc1)NC(=O)[C@H](CC(C)C)NC(=O)[C@@H](N)CCc1ccccc1.O=C(O)C(F)(F)F. The van der Waals surface area contributed by atoms with Gasteiger partial charge in [0, 0.05) is 6.42 Å². The first kappa shape index (κ1) is 34.1. The Morgan fingerprint density at radius 2 is 1.35 bits per heavy atom. The lowest BCUT2D eigenvalue weighted by Crippen LogP contribution is -2.55. The fourth-order valence-corrected chi connectivity index (χ4v) is 3.54. The first-order valence-electron chi connectivity index (χ1n) is 12.6. The number of amides is 2. The number of benzene rings is 2. The molecule has 0 aliphatic rings. The van der Waals surface area contributed by atoms with Crippen molar-refractivity contribution in [1.82, 2.24) is 10.6 Å². The molecule has 0 bridgehead atoms. The molecule has 2 amide bonds. The number of hydrogen-bond acceptors (Lipinski definition) is 6. The molecular formula is C28H36F3N3O6. The predicted octanol–water partition coefficient (Wildman–Crippen LogP) is 3.01. The maximum absolute atomic E-state index is 13.1. The summed E-state index contributed by atoms with van der Waals surface area (Å²) < 4.78 is 36.6. The number of aryl methyl sites for hydroxylation is 1. The third kappa shape index (κ3) is 13.2. The van der Waals surface area contributed by atoms with Gasteiger partial charge in [0.15, 0.2) is 0 Å². The summed E-state index contributed by atoms with van der Waals surface area (Å²) in [6.07, 6.45) is -3.25. The van der Waals surface area contributed by atoms with Crippen molar-refractivity contribution in [3.63, 3.8) is 0 Å². The zero-order chi connectivity index (χ0) is 30.3. The third-order valence-electron chi connectivity index (χ3n) is 5.59. The van der Waals surface area contributed by atoms with Crippen LogP contribution in [-0.4, -0.2) is 60.3 Å². The van der Waals surface area contributed by atoms with Gasteiger partial charge in [0.25, 0.3) is 0 Å². The molecule has 0 aromatic heterocycles. The summed E-state index contributed by atoms with van der Waals surface area (Å²) in [6, 6.07) is 16.7. The van der Waals surface area contributed by atoms with Crippen molar-refractivity contribution in [1.29, 1.82) is 0 Å². The highest BCUT2D eigenvalue weighted by molar-refractivity contribution is 5.92. The van der Waals surface area contributed by atoms with Crippen molar-refractivity contribution in [2.45, 2.75) is 63.8 Å². The van der Waals surface area contributed by atoms with Gasteiger partial charge in [-0.3, -0.25) is 9.59 Å². The van der Waals surface area contributed by atoms with Gasteiger partial charge in [-0.05, 0) is 36.3 Å². The molecule has 0 aliphatic heterocycles. The number of esters is 1. The topological polar surface area (TPSA) is 148 Å². The zero-order valence-corrected chi connectivity index (χ0v) is 22.6. The molecule has 2 aromatic carbocycles. The predicted molar refractivity (Wildman–Crippen MR) is 142 cm³/mol. The summed E-state index contributed by atoms with van der Waals surface area (Å²) in [4.78, 5) is 47.0. The van der Waals surface area contributed by atoms with Crippen LogP contribution in [0.2, 0.25) is 0 Å². The number of carboxylic acids is 1. The number of halogens is 3. The first-order chi connectivity index (χ1) is 18.7. The van der Waals surface area contributed by atoms with Crippen molar-refractivity contribution < 1.29 is 42.2 Å². The van der Waals surface area contributed by atoms with Crippen LogP contribution in [0.25, 0.3) is 0 Å². The van der Waals surface area contributed by atoms with E-state index in [1.54, 1.807) is 0 Å². The second-order valence-corrected chi connectivity index (χ2v) is 9.40. The molecule has 0 radical (unpaired) electrons. The average molecular weight is 568 g/mol. The molecule has 0 saturated heterocycles. The van der Waals surface area contributed by atoms with Crippen molar-refractivity contribution in [3.8, 4) is 0 Å². The van der Waals surface area contributed by atoms with E-state index >= 15 is 0 Å². The fraction of sp³-hybridized carbons (Fsp3) is 0.429. The summed E-state index contributed by atoms with van der Waals surface area (Å²) in [5, 5.41) is 12.7.